The summed E-state index contributed by atoms with van der Waals surface area (Å²) in [6, 6.07) is 13.9. The Morgan fingerprint density at radius 2 is 1.79 bits per heavy atom. The van der Waals surface area contributed by atoms with Crippen molar-refractivity contribution in [3.63, 3.8) is 0 Å². The number of rotatable bonds is 6. The Balaban J connectivity index is 1.75. The van der Waals surface area contributed by atoms with E-state index in [0.29, 0.717) is 33.7 Å². The van der Waals surface area contributed by atoms with Crippen LogP contribution in [-0.2, 0) is 0 Å². The quantitative estimate of drug-likeness (QED) is 0.638. The molecule has 1 amide bonds. The molecule has 0 radical (unpaired) electrons. The first kappa shape index (κ1) is 19.4. The highest BCUT2D eigenvalue weighted by molar-refractivity contribution is 6.31. The molecule has 2 aromatic carbocycles. The number of hydrogen-bond acceptors (Lipinski definition) is 6. The Bertz CT molecular complexity index is 993. The van der Waals surface area contributed by atoms with E-state index >= 15 is 0 Å². The molecule has 0 aliphatic rings. The Morgan fingerprint density at radius 1 is 0.964 bits per heavy atom. The lowest BCUT2D eigenvalue weighted by Gasteiger charge is -2.12. The van der Waals surface area contributed by atoms with Crippen molar-refractivity contribution in [1.29, 1.82) is 0 Å². The molecule has 0 aliphatic heterocycles. The van der Waals surface area contributed by atoms with Gasteiger partial charge >= 0.3 is 0 Å². The fourth-order valence-corrected chi connectivity index (χ4v) is 2.66. The number of nitrogens with one attached hydrogen (secondary N) is 2. The minimum Gasteiger partial charge on any atom is -0.497 e. The Hall–Kier alpha value is -3.32. The second-order valence-corrected chi connectivity index (χ2v) is 6.34. The van der Waals surface area contributed by atoms with E-state index in [9.17, 15) is 4.79 Å². The van der Waals surface area contributed by atoms with Crippen molar-refractivity contribution in [2.75, 3.05) is 24.9 Å². The SMILES string of the molecule is COc1ccc(OC)c(Nc2ccc(C(=O)Nc3cc(Cl)ccc3C)nn2)c1. The monoisotopic (exact) mass is 398 g/mol. The van der Waals surface area contributed by atoms with Crippen LogP contribution in [0.4, 0.5) is 17.2 Å². The zero-order valence-corrected chi connectivity index (χ0v) is 16.4. The van der Waals surface area contributed by atoms with E-state index < -0.39 is 0 Å². The van der Waals surface area contributed by atoms with Gasteiger partial charge in [-0.05, 0) is 48.9 Å². The molecule has 144 valence electrons. The molecule has 2 N–H and O–H groups in total. The minimum absolute atomic E-state index is 0.183. The van der Waals surface area contributed by atoms with Crippen molar-refractivity contribution in [1.82, 2.24) is 10.2 Å². The van der Waals surface area contributed by atoms with Crippen LogP contribution in [0.5, 0.6) is 11.5 Å². The number of anilines is 3. The highest BCUT2D eigenvalue weighted by Crippen LogP contribution is 2.30. The summed E-state index contributed by atoms with van der Waals surface area (Å²) < 4.78 is 10.5. The molecule has 8 heteroatoms. The van der Waals surface area contributed by atoms with Crippen LogP contribution in [0.25, 0.3) is 0 Å². The van der Waals surface area contributed by atoms with E-state index in [2.05, 4.69) is 20.8 Å². The predicted molar refractivity (Wildman–Crippen MR) is 109 cm³/mol. The average Bonchev–Trinajstić information content (AvgIpc) is 2.71. The molecule has 0 saturated carbocycles. The molecular formula is C20H19ClN4O3. The van der Waals surface area contributed by atoms with Gasteiger partial charge in [0.15, 0.2) is 11.5 Å². The fourth-order valence-electron chi connectivity index (χ4n) is 2.49. The third-order valence-electron chi connectivity index (χ3n) is 4.01. The maximum Gasteiger partial charge on any atom is 0.276 e. The maximum absolute atomic E-state index is 12.4. The topological polar surface area (TPSA) is 85.4 Å². The molecule has 3 aromatic rings. The number of ether oxygens (including phenoxy) is 2. The molecule has 0 fully saturated rings. The van der Waals surface area contributed by atoms with E-state index in [4.69, 9.17) is 21.1 Å². The van der Waals surface area contributed by atoms with Crippen molar-refractivity contribution >= 4 is 34.7 Å². The maximum atomic E-state index is 12.4. The lowest BCUT2D eigenvalue weighted by Crippen LogP contribution is -2.15. The number of amides is 1. The standard InChI is InChI=1S/C20H19ClN4O3/c1-12-4-5-13(21)10-16(12)23-20(26)15-7-9-19(25-24-15)22-17-11-14(27-2)6-8-18(17)28-3/h4-11H,1-3H3,(H,22,25)(H,23,26). The van der Waals surface area contributed by atoms with Crippen LogP contribution in [0, 0.1) is 6.92 Å². The van der Waals surface area contributed by atoms with Gasteiger partial charge in [-0.25, -0.2) is 0 Å². The summed E-state index contributed by atoms with van der Waals surface area (Å²) in [5.41, 5.74) is 2.38. The summed E-state index contributed by atoms with van der Waals surface area (Å²) in [6.07, 6.45) is 0. The average molecular weight is 399 g/mol. The molecular weight excluding hydrogens is 380 g/mol. The van der Waals surface area contributed by atoms with Crippen molar-refractivity contribution in [2.24, 2.45) is 0 Å². The van der Waals surface area contributed by atoms with Crippen molar-refractivity contribution < 1.29 is 14.3 Å². The Labute approximate surface area is 167 Å². The predicted octanol–water partition coefficient (Wildman–Crippen LogP) is 4.45. The molecule has 0 unspecified atom stereocenters. The van der Waals surface area contributed by atoms with E-state index in [0.717, 1.165) is 5.56 Å². The molecule has 7 nitrogen and oxygen atoms in total. The second-order valence-electron chi connectivity index (χ2n) is 5.91. The van der Waals surface area contributed by atoms with Crippen molar-refractivity contribution in [2.45, 2.75) is 6.92 Å². The molecule has 1 heterocycles. The number of hydrogen-bond donors (Lipinski definition) is 2. The van der Waals surface area contributed by atoms with E-state index in [1.807, 2.05) is 13.0 Å². The summed E-state index contributed by atoms with van der Waals surface area (Å²) >= 11 is 5.98. The summed E-state index contributed by atoms with van der Waals surface area (Å²) in [5, 5.41) is 14.5. The van der Waals surface area contributed by atoms with Gasteiger partial charge in [0, 0.05) is 16.8 Å². The van der Waals surface area contributed by atoms with Gasteiger partial charge in [0.1, 0.15) is 11.5 Å². The summed E-state index contributed by atoms with van der Waals surface area (Å²) in [4.78, 5) is 12.4. The smallest absolute Gasteiger partial charge is 0.276 e. The number of nitrogens with zero attached hydrogens (tertiary/aromatic N) is 2. The molecule has 0 atom stereocenters. The van der Waals surface area contributed by atoms with Crippen molar-refractivity contribution in [3.8, 4) is 11.5 Å². The number of aryl methyl sites for hydroxylation is 1. The van der Waals surface area contributed by atoms with Gasteiger partial charge in [-0.1, -0.05) is 17.7 Å². The molecule has 1 aromatic heterocycles. The first-order valence-electron chi connectivity index (χ1n) is 8.40. The van der Waals surface area contributed by atoms with Gasteiger partial charge in [0.25, 0.3) is 5.91 Å². The lowest BCUT2D eigenvalue weighted by atomic mass is 10.2. The van der Waals surface area contributed by atoms with Gasteiger partial charge in [0.05, 0.1) is 19.9 Å². The van der Waals surface area contributed by atoms with E-state index in [1.54, 1.807) is 56.7 Å². The first-order valence-corrected chi connectivity index (χ1v) is 8.78. The van der Waals surface area contributed by atoms with Gasteiger partial charge in [-0.15, -0.1) is 10.2 Å². The molecule has 0 saturated heterocycles. The number of carbonyl (C=O) groups excluding carboxylic acids is 1. The Morgan fingerprint density at radius 3 is 2.46 bits per heavy atom. The minimum atomic E-state index is -0.372. The number of methoxy groups -OCH3 is 2. The summed E-state index contributed by atoms with van der Waals surface area (Å²) in [7, 11) is 3.16. The van der Waals surface area contributed by atoms with Crippen LogP contribution >= 0.6 is 11.6 Å². The second kappa shape index (κ2) is 8.58. The zero-order valence-electron chi connectivity index (χ0n) is 15.6. The van der Waals surface area contributed by atoms with Gasteiger partial charge in [-0.2, -0.15) is 0 Å². The number of aromatic nitrogens is 2. The highest BCUT2D eigenvalue weighted by Gasteiger charge is 2.12. The largest absolute Gasteiger partial charge is 0.497 e. The molecule has 0 bridgehead atoms. The number of benzene rings is 2. The number of halogens is 1. The van der Waals surface area contributed by atoms with Gasteiger partial charge < -0.3 is 20.1 Å². The first-order chi connectivity index (χ1) is 13.5. The summed E-state index contributed by atoms with van der Waals surface area (Å²) in [6.45, 7) is 1.88. The lowest BCUT2D eigenvalue weighted by molar-refractivity contribution is 0.102. The summed E-state index contributed by atoms with van der Waals surface area (Å²) in [5.74, 6) is 1.38. The third kappa shape index (κ3) is 4.50. The van der Waals surface area contributed by atoms with Crippen LogP contribution < -0.4 is 20.1 Å². The molecule has 3 rings (SSSR count). The molecule has 0 spiro atoms. The normalized spacial score (nSPS) is 10.3. The van der Waals surface area contributed by atoms with Gasteiger partial charge in [0.2, 0.25) is 0 Å². The van der Waals surface area contributed by atoms with Crippen LogP contribution in [0.2, 0.25) is 5.02 Å². The fraction of sp³-hybridized carbons (Fsp3) is 0.150. The van der Waals surface area contributed by atoms with Crippen LogP contribution in [0.3, 0.4) is 0 Å². The zero-order chi connectivity index (χ0) is 20.1. The Kier molecular flexibility index (Phi) is 5.96. The third-order valence-corrected chi connectivity index (χ3v) is 4.25. The highest BCUT2D eigenvalue weighted by atomic mass is 35.5. The van der Waals surface area contributed by atoms with Crippen molar-refractivity contribution in [3.05, 3.63) is 64.8 Å². The van der Waals surface area contributed by atoms with E-state index in [-0.39, 0.29) is 11.6 Å². The van der Waals surface area contributed by atoms with E-state index in [1.165, 1.54) is 0 Å². The van der Waals surface area contributed by atoms with Crippen LogP contribution in [0.1, 0.15) is 16.1 Å². The molecule has 0 aliphatic carbocycles. The van der Waals surface area contributed by atoms with Gasteiger partial charge in [-0.3, -0.25) is 4.79 Å². The molecule has 28 heavy (non-hydrogen) atoms. The van der Waals surface area contributed by atoms with Crippen LogP contribution in [-0.4, -0.2) is 30.3 Å². The van der Waals surface area contributed by atoms with Crippen LogP contribution in [0.15, 0.2) is 48.5 Å². The number of carbonyl (C=O) groups is 1.